The van der Waals surface area contributed by atoms with E-state index in [0.29, 0.717) is 11.1 Å². The first-order valence-electron chi connectivity index (χ1n) is 10.9. The van der Waals surface area contributed by atoms with Gasteiger partial charge in [0, 0.05) is 40.5 Å². The molecular weight excluding hydrogens is 386 g/mol. The highest BCUT2D eigenvalue weighted by Gasteiger charge is 2.46. The summed E-state index contributed by atoms with van der Waals surface area (Å²) in [5, 5.41) is 0. The number of likely N-dealkylation sites (N-methyl/N-ethyl adjacent to an activating group) is 1. The monoisotopic (exact) mass is 411 g/mol. The smallest absolute Gasteiger partial charge is 0.197 e. The molecule has 0 N–H and O–H groups in total. The number of fused-ring (bicyclic) bond motifs is 3. The molecule has 0 saturated heterocycles. The molecule has 0 aromatic heterocycles. The maximum atomic E-state index is 12.8. The van der Waals surface area contributed by atoms with Crippen molar-refractivity contribution in [2.75, 3.05) is 11.9 Å². The van der Waals surface area contributed by atoms with Crippen molar-refractivity contribution < 1.29 is 14.4 Å². The number of rotatable bonds is 2. The zero-order chi connectivity index (χ0) is 21.8. The van der Waals surface area contributed by atoms with Crippen molar-refractivity contribution in [1.82, 2.24) is 0 Å². The van der Waals surface area contributed by atoms with Gasteiger partial charge < -0.3 is 4.90 Å². The van der Waals surface area contributed by atoms with Crippen molar-refractivity contribution in [1.29, 1.82) is 0 Å². The first-order valence-corrected chi connectivity index (χ1v) is 10.9. The van der Waals surface area contributed by atoms with Gasteiger partial charge in [-0.3, -0.25) is 14.4 Å². The van der Waals surface area contributed by atoms with Crippen LogP contribution in [0.3, 0.4) is 0 Å². The highest BCUT2D eigenvalue weighted by atomic mass is 16.2. The van der Waals surface area contributed by atoms with E-state index in [1.807, 2.05) is 25.3 Å². The van der Waals surface area contributed by atoms with Crippen molar-refractivity contribution in [3.05, 3.63) is 88.1 Å². The number of Topliss-reactive ketones (excluding diaryl/α,β-unsaturated/α-hetero) is 3. The van der Waals surface area contributed by atoms with E-state index in [1.54, 1.807) is 37.3 Å². The number of carbonyl (C=O) groups is 3. The van der Waals surface area contributed by atoms with Gasteiger partial charge in [0.15, 0.2) is 17.3 Å². The highest BCUT2D eigenvalue weighted by Crippen LogP contribution is 2.55. The van der Waals surface area contributed by atoms with Gasteiger partial charge in [-0.1, -0.05) is 43.5 Å². The summed E-state index contributed by atoms with van der Waals surface area (Å²) in [5.74, 6) is -0.338. The van der Waals surface area contributed by atoms with Crippen LogP contribution in [0, 0.1) is 0 Å². The molecule has 0 unspecified atom stereocenters. The third-order valence-corrected chi connectivity index (χ3v) is 7.15. The van der Waals surface area contributed by atoms with Gasteiger partial charge >= 0.3 is 0 Å². The topological polar surface area (TPSA) is 54.5 Å². The minimum atomic E-state index is -0.202. The fraction of sp³-hybridized carbons (Fsp3) is 0.296. The van der Waals surface area contributed by atoms with Crippen LogP contribution < -0.4 is 4.90 Å². The Bertz CT molecular complexity index is 1160. The quantitative estimate of drug-likeness (QED) is 0.376. The average Bonchev–Trinajstić information content (AvgIpc) is 3.16. The summed E-state index contributed by atoms with van der Waals surface area (Å²) >= 11 is 0. The van der Waals surface area contributed by atoms with E-state index in [9.17, 15) is 14.4 Å². The third kappa shape index (κ3) is 2.85. The van der Waals surface area contributed by atoms with Gasteiger partial charge in [0.1, 0.15) is 0 Å². The minimum Gasteiger partial charge on any atom is -0.347 e. The standard InChI is InChI=1S/C27H25NO3/c1-17(29)18-10-12-23-22(16-18)27(14-6-3-7-15-27)24(28(23)2)13-11-21-25(30)19-8-4-5-9-20(19)26(21)31/h4-5,8-13,16H,3,6-7,14-15H2,1-2H3/b24-13+. The van der Waals surface area contributed by atoms with Gasteiger partial charge in [0.2, 0.25) is 0 Å². The third-order valence-electron chi connectivity index (χ3n) is 7.15. The number of nitrogens with zero attached hydrogens (tertiary/aromatic N) is 1. The van der Waals surface area contributed by atoms with Crippen LogP contribution in [-0.2, 0) is 5.41 Å². The second-order valence-corrected chi connectivity index (χ2v) is 8.83. The molecule has 31 heavy (non-hydrogen) atoms. The number of carbonyl (C=O) groups excluding carboxylic acids is 3. The van der Waals surface area contributed by atoms with Crippen molar-refractivity contribution in [2.45, 2.75) is 44.4 Å². The summed E-state index contributed by atoms with van der Waals surface area (Å²) in [5.41, 5.74) is 5.15. The molecule has 4 heteroatoms. The molecule has 0 amide bonds. The zero-order valence-electron chi connectivity index (χ0n) is 17.9. The minimum absolute atomic E-state index is 0.0656. The van der Waals surface area contributed by atoms with Crippen molar-refractivity contribution in [2.24, 2.45) is 0 Å². The zero-order valence-corrected chi connectivity index (χ0v) is 17.9. The summed E-state index contributed by atoms with van der Waals surface area (Å²) in [6.07, 6.45) is 9.13. The van der Waals surface area contributed by atoms with Gasteiger partial charge in [-0.2, -0.15) is 0 Å². The molecular formula is C27H25NO3. The lowest BCUT2D eigenvalue weighted by Crippen LogP contribution is -2.32. The number of anilines is 1. The molecule has 3 aliphatic rings. The molecule has 1 saturated carbocycles. The van der Waals surface area contributed by atoms with Crippen LogP contribution in [-0.4, -0.2) is 24.4 Å². The molecule has 1 aliphatic heterocycles. The number of hydrogen-bond donors (Lipinski definition) is 0. The lowest BCUT2D eigenvalue weighted by molar-refractivity contribution is 0.0984. The molecule has 0 radical (unpaired) electrons. The van der Waals surface area contributed by atoms with Gasteiger partial charge in [-0.25, -0.2) is 0 Å². The molecule has 0 bridgehead atoms. The Morgan fingerprint density at radius 2 is 1.58 bits per heavy atom. The maximum absolute atomic E-state index is 12.8. The van der Waals surface area contributed by atoms with Crippen molar-refractivity contribution in [3.63, 3.8) is 0 Å². The number of hydrogen-bond acceptors (Lipinski definition) is 4. The lowest BCUT2D eigenvalue weighted by atomic mass is 9.68. The van der Waals surface area contributed by atoms with Gasteiger partial charge in [0.25, 0.3) is 0 Å². The van der Waals surface area contributed by atoms with E-state index >= 15 is 0 Å². The molecule has 2 aromatic rings. The normalized spacial score (nSPS) is 20.4. The van der Waals surface area contributed by atoms with Crippen molar-refractivity contribution >= 4 is 23.0 Å². The molecule has 5 rings (SSSR count). The summed E-state index contributed by atoms with van der Waals surface area (Å²) in [6.45, 7) is 1.60. The van der Waals surface area contributed by atoms with Gasteiger partial charge in [-0.05, 0) is 55.7 Å². The number of allylic oxidation sites excluding steroid dienone is 4. The van der Waals surface area contributed by atoms with Crippen LogP contribution in [0.15, 0.2) is 65.9 Å². The molecule has 0 atom stereocenters. The number of benzene rings is 2. The fourth-order valence-corrected chi connectivity index (χ4v) is 5.56. The van der Waals surface area contributed by atoms with Crippen LogP contribution in [0.1, 0.15) is 75.7 Å². The second kappa shape index (κ2) is 7.16. The van der Waals surface area contributed by atoms with E-state index in [0.717, 1.165) is 42.6 Å². The van der Waals surface area contributed by atoms with E-state index in [4.69, 9.17) is 0 Å². The summed E-state index contributed by atoms with van der Waals surface area (Å²) in [7, 11) is 2.03. The SMILES string of the molecule is CC(=O)c1ccc2c(c1)C1(CCCCC1)/C(=C\C=C1C(=O)c3ccccc3C1=O)N2C. The fourth-order valence-electron chi connectivity index (χ4n) is 5.56. The van der Waals surface area contributed by atoms with E-state index in [2.05, 4.69) is 11.0 Å². The summed E-state index contributed by atoms with van der Waals surface area (Å²) in [6, 6.07) is 13.0. The molecule has 4 nitrogen and oxygen atoms in total. The molecule has 2 aromatic carbocycles. The first kappa shape index (κ1) is 19.7. The Morgan fingerprint density at radius 3 is 2.19 bits per heavy atom. The predicted octanol–water partition coefficient (Wildman–Crippen LogP) is 5.43. The van der Waals surface area contributed by atoms with Crippen LogP contribution in [0.4, 0.5) is 5.69 Å². The summed E-state index contributed by atoms with van der Waals surface area (Å²) in [4.78, 5) is 39.9. The highest BCUT2D eigenvalue weighted by molar-refractivity contribution is 6.39. The molecule has 156 valence electrons. The maximum Gasteiger partial charge on any atom is 0.197 e. The average molecular weight is 412 g/mol. The van der Waals surface area contributed by atoms with Crippen LogP contribution >= 0.6 is 0 Å². The lowest BCUT2D eigenvalue weighted by Gasteiger charge is -2.36. The molecule has 2 aliphatic carbocycles. The Kier molecular flexibility index (Phi) is 4.54. The Morgan fingerprint density at radius 1 is 0.935 bits per heavy atom. The van der Waals surface area contributed by atoms with E-state index < -0.39 is 0 Å². The Balaban J connectivity index is 1.62. The Hall–Kier alpha value is -3.27. The predicted molar refractivity (Wildman–Crippen MR) is 121 cm³/mol. The van der Waals surface area contributed by atoms with Crippen molar-refractivity contribution in [3.8, 4) is 0 Å². The second-order valence-electron chi connectivity index (χ2n) is 8.83. The van der Waals surface area contributed by atoms with E-state index in [1.165, 1.54) is 12.0 Å². The van der Waals surface area contributed by atoms with Crippen LogP contribution in [0.25, 0.3) is 0 Å². The van der Waals surface area contributed by atoms with Gasteiger partial charge in [-0.15, -0.1) is 0 Å². The molecule has 1 spiro atoms. The number of ketones is 3. The first-order chi connectivity index (χ1) is 14.9. The molecule has 1 heterocycles. The van der Waals surface area contributed by atoms with E-state index in [-0.39, 0.29) is 28.3 Å². The molecule has 1 fully saturated rings. The summed E-state index contributed by atoms with van der Waals surface area (Å²) < 4.78 is 0. The van der Waals surface area contributed by atoms with Gasteiger partial charge in [0.05, 0.1) is 5.57 Å². The van der Waals surface area contributed by atoms with Crippen LogP contribution in [0.2, 0.25) is 0 Å². The van der Waals surface area contributed by atoms with Crippen LogP contribution in [0.5, 0.6) is 0 Å². The largest absolute Gasteiger partial charge is 0.347 e. The Labute approximate surface area is 182 Å².